The maximum Gasteiger partial charge on any atom is 0.352 e. The molecule has 2 aromatic rings. The Kier molecular flexibility index (Phi) is 3.51. The second kappa shape index (κ2) is 5.11. The van der Waals surface area contributed by atoms with Crippen molar-refractivity contribution in [3.05, 3.63) is 33.4 Å². The van der Waals surface area contributed by atoms with E-state index in [0.29, 0.717) is 6.54 Å². The van der Waals surface area contributed by atoms with E-state index in [1.165, 1.54) is 6.33 Å². The van der Waals surface area contributed by atoms with Crippen LogP contribution in [0, 0.1) is 24.0 Å². The van der Waals surface area contributed by atoms with E-state index in [-0.39, 0.29) is 17.3 Å². The first-order chi connectivity index (χ1) is 9.41. The van der Waals surface area contributed by atoms with Crippen molar-refractivity contribution in [3.8, 4) is 0 Å². The SMILES string of the molecule is Cc1nn(C)c(C)c1CNc1ncnc(N)c1[N+](=O)[O-]. The van der Waals surface area contributed by atoms with E-state index in [1.807, 2.05) is 20.9 Å². The predicted molar refractivity (Wildman–Crippen MR) is 73.1 cm³/mol. The Morgan fingerprint density at radius 3 is 2.70 bits per heavy atom. The molecule has 0 radical (unpaired) electrons. The Balaban J connectivity index is 2.28. The number of nitrogens with zero attached hydrogens (tertiary/aromatic N) is 5. The molecule has 2 rings (SSSR count). The summed E-state index contributed by atoms with van der Waals surface area (Å²) in [5.74, 6) is -0.0581. The molecule has 9 nitrogen and oxygen atoms in total. The molecule has 0 atom stereocenters. The minimum absolute atomic E-state index is 0.102. The molecule has 0 amide bonds. The van der Waals surface area contributed by atoms with Crippen LogP contribution in [-0.2, 0) is 13.6 Å². The second-order valence-electron chi connectivity index (χ2n) is 4.34. The van der Waals surface area contributed by atoms with Gasteiger partial charge in [0.2, 0.25) is 11.6 Å². The number of aromatic nitrogens is 4. The van der Waals surface area contributed by atoms with Gasteiger partial charge in [-0.2, -0.15) is 5.10 Å². The summed E-state index contributed by atoms with van der Waals surface area (Å²) < 4.78 is 1.76. The van der Waals surface area contributed by atoms with Crippen molar-refractivity contribution < 1.29 is 4.92 Å². The highest BCUT2D eigenvalue weighted by Crippen LogP contribution is 2.27. The normalized spacial score (nSPS) is 10.6. The number of nitro groups is 1. The molecule has 2 heterocycles. The first kappa shape index (κ1) is 13.7. The van der Waals surface area contributed by atoms with Gasteiger partial charge in [0.05, 0.1) is 10.6 Å². The van der Waals surface area contributed by atoms with Gasteiger partial charge in [-0.3, -0.25) is 14.8 Å². The average molecular weight is 277 g/mol. The van der Waals surface area contributed by atoms with E-state index in [2.05, 4.69) is 20.4 Å². The van der Waals surface area contributed by atoms with Gasteiger partial charge in [0.1, 0.15) is 6.33 Å². The third-order valence-electron chi connectivity index (χ3n) is 3.12. The van der Waals surface area contributed by atoms with Crippen molar-refractivity contribution in [2.24, 2.45) is 7.05 Å². The highest BCUT2D eigenvalue weighted by Gasteiger charge is 2.21. The van der Waals surface area contributed by atoms with E-state index in [4.69, 9.17) is 5.73 Å². The molecule has 0 aromatic carbocycles. The topological polar surface area (TPSA) is 125 Å². The molecule has 0 unspecified atom stereocenters. The maximum atomic E-state index is 11.0. The molecule has 9 heteroatoms. The van der Waals surface area contributed by atoms with Gasteiger partial charge in [-0.05, 0) is 13.8 Å². The Hall–Kier alpha value is -2.71. The molecule has 0 saturated carbocycles. The van der Waals surface area contributed by atoms with E-state index in [0.717, 1.165) is 17.0 Å². The average Bonchev–Trinajstić information content (AvgIpc) is 2.61. The largest absolute Gasteiger partial charge is 0.378 e. The fourth-order valence-electron chi connectivity index (χ4n) is 1.95. The lowest BCUT2D eigenvalue weighted by Crippen LogP contribution is -2.09. The second-order valence-corrected chi connectivity index (χ2v) is 4.34. The summed E-state index contributed by atoms with van der Waals surface area (Å²) in [4.78, 5) is 17.9. The van der Waals surface area contributed by atoms with Crippen LogP contribution >= 0.6 is 0 Å². The minimum atomic E-state index is -0.597. The van der Waals surface area contributed by atoms with Crippen LogP contribution in [0.4, 0.5) is 17.3 Å². The predicted octanol–water partition coefficient (Wildman–Crippen LogP) is 0.929. The number of nitrogen functional groups attached to an aromatic ring is 1. The van der Waals surface area contributed by atoms with Crippen molar-refractivity contribution in [2.75, 3.05) is 11.1 Å². The van der Waals surface area contributed by atoms with Crippen LogP contribution in [0.5, 0.6) is 0 Å². The fourth-order valence-corrected chi connectivity index (χ4v) is 1.95. The van der Waals surface area contributed by atoms with Crippen LogP contribution in [0.2, 0.25) is 0 Å². The molecule has 0 aliphatic heterocycles. The van der Waals surface area contributed by atoms with Crippen LogP contribution in [0.3, 0.4) is 0 Å². The Bertz CT molecular complexity index is 665. The number of anilines is 2. The first-order valence-electron chi connectivity index (χ1n) is 5.89. The lowest BCUT2D eigenvalue weighted by molar-refractivity contribution is -0.383. The third-order valence-corrected chi connectivity index (χ3v) is 3.12. The van der Waals surface area contributed by atoms with Crippen molar-refractivity contribution >= 4 is 17.3 Å². The van der Waals surface area contributed by atoms with Crippen LogP contribution in [-0.4, -0.2) is 24.7 Å². The molecule has 106 valence electrons. The van der Waals surface area contributed by atoms with Gasteiger partial charge >= 0.3 is 5.69 Å². The number of nitrogens with one attached hydrogen (secondary N) is 1. The zero-order chi connectivity index (χ0) is 14.9. The zero-order valence-electron chi connectivity index (χ0n) is 11.4. The molecule has 0 bridgehead atoms. The quantitative estimate of drug-likeness (QED) is 0.629. The Morgan fingerprint density at radius 2 is 2.15 bits per heavy atom. The number of aryl methyl sites for hydroxylation is 2. The molecule has 0 saturated heterocycles. The van der Waals surface area contributed by atoms with Gasteiger partial charge in [-0.1, -0.05) is 0 Å². The molecule has 2 aromatic heterocycles. The lowest BCUT2D eigenvalue weighted by atomic mass is 10.2. The van der Waals surface area contributed by atoms with Crippen LogP contribution < -0.4 is 11.1 Å². The highest BCUT2D eigenvalue weighted by molar-refractivity contribution is 5.67. The first-order valence-corrected chi connectivity index (χ1v) is 5.89. The third kappa shape index (κ3) is 2.37. The molecular formula is C11H15N7O2. The minimum Gasteiger partial charge on any atom is -0.378 e. The van der Waals surface area contributed by atoms with Crippen molar-refractivity contribution in [1.82, 2.24) is 19.7 Å². The van der Waals surface area contributed by atoms with Crippen LogP contribution in [0.1, 0.15) is 17.0 Å². The fraction of sp³-hybridized carbons (Fsp3) is 0.364. The van der Waals surface area contributed by atoms with Crippen molar-refractivity contribution in [2.45, 2.75) is 20.4 Å². The Morgan fingerprint density at radius 1 is 1.45 bits per heavy atom. The summed E-state index contributed by atoms with van der Waals surface area (Å²) >= 11 is 0. The molecule has 0 spiro atoms. The summed E-state index contributed by atoms with van der Waals surface area (Å²) in [5, 5.41) is 18.2. The van der Waals surface area contributed by atoms with E-state index < -0.39 is 4.92 Å². The Labute approximate surface area is 115 Å². The standard InChI is InChI=1S/C11H15N7O2/c1-6-8(7(2)17(3)16-6)4-13-11-9(18(19)20)10(12)14-5-15-11/h5H,4H2,1-3H3,(H3,12,13,14,15). The van der Waals surface area contributed by atoms with Gasteiger partial charge < -0.3 is 11.1 Å². The maximum absolute atomic E-state index is 11.0. The number of nitrogens with two attached hydrogens (primary N) is 1. The summed E-state index contributed by atoms with van der Waals surface area (Å²) in [6.45, 7) is 4.19. The van der Waals surface area contributed by atoms with Gasteiger partial charge in [-0.15, -0.1) is 0 Å². The molecule has 3 N–H and O–H groups in total. The summed E-state index contributed by atoms with van der Waals surface area (Å²) in [5.41, 5.74) is 8.01. The molecule has 0 fully saturated rings. The van der Waals surface area contributed by atoms with Crippen molar-refractivity contribution in [3.63, 3.8) is 0 Å². The zero-order valence-corrected chi connectivity index (χ0v) is 11.4. The van der Waals surface area contributed by atoms with Crippen LogP contribution in [0.25, 0.3) is 0 Å². The molecule has 0 aliphatic carbocycles. The summed E-state index contributed by atoms with van der Waals surface area (Å²) in [6, 6.07) is 0. The monoisotopic (exact) mass is 277 g/mol. The van der Waals surface area contributed by atoms with E-state index >= 15 is 0 Å². The number of hydrogen-bond donors (Lipinski definition) is 2. The van der Waals surface area contributed by atoms with E-state index in [1.54, 1.807) is 4.68 Å². The summed E-state index contributed by atoms with van der Waals surface area (Å²) in [7, 11) is 1.84. The van der Waals surface area contributed by atoms with Gasteiger partial charge in [0.25, 0.3) is 0 Å². The summed E-state index contributed by atoms with van der Waals surface area (Å²) in [6.07, 6.45) is 1.19. The molecule has 20 heavy (non-hydrogen) atoms. The highest BCUT2D eigenvalue weighted by atomic mass is 16.6. The van der Waals surface area contributed by atoms with Gasteiger partial charge in [0.15, 0.2) is 0 Å². The van der Waals surface area contributed by atoms with Crippen LogP contribution in [0.15, 0.2) is 6.33 Å². The van der Waals surface area contributed by atoms with E-state index in [9.17, 15) is 10.1 Å². The number of hydrogen-bond acceptors (Lipinski definition) is 7. The van der Waals surface area contributed by atoms with Gasteiger partial charge in [-0.25, -0.2) is 9.97 Å². The molecular weight excluding hydrogens is 262 g/mol. The van der Waals surface area contributed by atoms with Crippen molar-refractivity contribution in [1.29, 1.82) is 0 Å². The number of rotatable bonds is 4. The molecule has 0 aliphatic rings. The van der Waals surface area contributed by atoms with Gasteiger partial charge in [0, 0.05) is 24.8 Å². The lowest BCUT2D eigenvalue weighted by Gasteiger charge is -2.07. The smallest absolute Gasteiger partial charge is 0.352 e.